The smallest absolute Gasteiger partial charge is 0.291 e. The second-order valence-corrected chi connectivity index (χ2v) is 9.08. The summed E-state index contributed by atoms with van der Waals surface area (Å²) in [6.07, 6.45) is 7.20. The molecule has 5 rings (SSSR count). The molecule has 33 heavy (non-hydrogen) atoms. The summed E-state index contributed by atoms with van der Waals surface area (Å²) in [4.78, 5) is 18.1. The zero-order valence-corrected chi connectivity index (χ0v) is 19.5. The Balaban J connectivity index is 1.39. The van der Waals surface area contributed by atoms with Crippen molar-refractivity contribution >= 4 is 28.4 Å². The van der Waals surface area contributed by atoms with Gasteiger partial charge in [-0.2, -0.15) is 9.50 Å². The zero-order chi connectivity index (χ0) is 22.8. The minimum Gasteiger partial charge on any atom is -0.494 e. The van der Waals surface area contributed by atoms with Crippen LogP contribution in [0.25, 0.3) is 28.5 Å². The van der Waals surface area contributed by atoms with E-state index in [-0.39, 0.29) is 11.7 Å². The number of para-hydroxylation sites is 1. The van der Waals surface area contributed by atoms with Gasteiger partial charge in [-0.25, -0.2) is 0 Å². The number of fused-ring (bicyclic) bond motifs is 2. The van der Waals surface area contributed by atoms with Crippen LogP contribution in [0.1, 0.15) is 38.7 Å². The van der Waals surface area contributed by atoms with Crippen LogP contribution >= 0.6 is 11.3 Å². The fraction of sp³-hybridized carbons (Fsp3) is 0.269. The van der Waals surface area contributed by atoms with Crippen LogP contribution in [0.3, 0.4) is 0 Å². The maximum Gasteiger partial charge on any atom is 0.291 e. The number of aromatic nitrogens is 3. The lowest BCUT2D eigenvalue weighted by Gasteiger charge is -2.22. The molecule has 1 unspecified atom stereocenters. The molecule has 3 heterocycles. The number of rotatable bonds is 7. The maximum atomic E-state index is 13.0. The molecule has 0 amide bonds. The number of hydrogen-bond donors (Lipinski definition) is 0. The van der Waals surface area contributed by atoms with Gasteiger partial charge in [0.25, 0.3) is 5.56 Å². The SMILES string of the molecule is CCCCCOc1ccc(-c2nc3sc(=CC4=Cc5ccccc5OC4C)c(=O)n3n2)cc1. The van der Waals surface area contributed by atoms with Crippen molar-refractivity contribution in [3.63, 3.8) is 0 Å². The van der Waals surface area contributed by atoms with Crippen LogP contribution in [-0.2, 0) is 0 Å². The Morgan fingerprint density at radius 3 is 2.76 bits per heavy atom. The van der Waals surface area contributed by atoms with Crippen molar-refractivity contribution in [2.24, 2.45) is 0 Å². The Morgan fingerprint density at radius 2 is 1.97 bits per heavy atom. The average molecular weight is 460 g/mol. The molecule has 1 atom stereocenters. The number of nitrogens with zero attached hydrogens (tertiary/aromatic N) is 3. The van der Waals surface area contributed by atoms with Crippen LogP contribution in [0.15, 0.2) is 58.9 Å². The van der Waals surface area contributed by atoms with Gasteiger partial charge in [0.2, 0.25) is 4.96 Å². The van der Waals surface area contributed by atoms with Crippen LogP contribution in [0.4, 0.5) is 0 Å². The van der Waals surface area contributed by atoms with Gasteiger partial charge in [0.05, 0.1) is 11.1 Å². The van der Waals surface area contributed by atoms with Gasteiger partial charge < -0.3 is 9.47 Å². The van der Waals surface area contributed by atoms with Gasteiger partial charge in [0, 0.05) is 11.1 Å². The van der Waals surface area contributed by atoms with E-state index in [1.165, 1.54) is 28.7 Å². The number of benzene rings is 2. The highest BCUT2D eigenvalue weighted by atomic mass is 32.1. The van der Waals surface area contributed by atoms with Crippen LogP contribution in [0, 0.1) is 0 Å². The lowest BCUT2D eigenvalue weighted by molar-refractivity contribution is 0.259. The predicted octanol–water partition coefficient (Wildman–Crippen LogP) is 4.75. The van der Waals surface area contributed by atoms with E-state index >= 15 is 0 Å². The van der Waals surface area contributed by atoms with E-state index in [9.17, 15) is 4.79 Å². The summed E-state index contributed by atoms with van der Waals surface area (Å²) in [5.41, 5.74) is 2.64. The first-order chi connectivity index (χ1) is 16.1. The van der Waals surface area contributed by atoms with Gasteiger partial charge in [-0.1, -0.05) is 49.3 Å². The summed E-state index contributed by atoms with van der Waals surface area (Å²) in [7, 11) is 0. The molecule has 0 fully saturated rings. The van der Waals surface area contributed by atoms with Crippen molar-refractivity contribution in [2.45, 2.75) is 39.2 Å². The molecule has 0 saturated carbocycles. The van der Waals surface area contributed by atoms with E-state index in [0.717, 1.165) is 41.2 Å². The minimum atomic E-state index is -0.170. The molecule has 4 aromatic rings. The monoisotopic (exact) mass is 459 g/mol. The number of unbranched alkanes of at least 4 members (excludes halogenated alkanes) is 2. The molecule has 0 radical (unpaired) electrons. The van der Waals surface area contributed by atoms with Crippen molar-refractivity contribution in [2.75, 3.05) is 6.61 Å². The fourth-order valence-electron chi connectivity index (χ4n) is 3.77. The molecule has 0 aliphatic carbocycles. The molecule has 1 aliphatic heterocycles. The van der Waals surface area contributed by atoms with Crippen LogP contribution < -0.4 is 19.6 Å². The molecule has 1 aliphatic rings. The normalized spacial score (nSPS) is 15.9. The molecule has 7 heteroatoms. The fourth-order valence-corrected chi connectivity index (χ4v) is 4.68. The van der Waals surface area contributed by atoms with Crippen molar-refractivity contribution in [1.82, 2.24) is 14.6 Å². The Labute approximate surface area is 195 Å². The van der Waals surface area contributed by atoms with Crippen LogP contribution in [0.5, 0.6) is 11.5 Å². The first-order valence-electron chi connectivity index (χ1n) is 11.2. The third kappa shape index (κ3) is 4.41. The summed E-state index contributed by atoms with van der Waals surface area (Å²) in [6.45, 7) is 4.87. The Bertz CT molecular complexity index is 1420. The predicted molar refractivity (Wildman–Crippen MR) is 132 cm³/mol. The van der Waals surface area contributed by atoms with Crippen molar-refractivity contribution < 1.29 is 9.47 Å². The molecule has 2 aromatic heterocycles. The number of thiazole rings is 1. The summed E-state index contributed by atoms with van der Waals surface area (Å²) in [6, 6.07) is 15.6. The van der Waals surface area contributed by atoms with Gasteiger partial charge in [-0.15, -0.1) is 5.10 Å². The molecular weight excluding hydrogens is 434 g/mol. The highest BCUT2D eigenvalue weighted by Gasteiger charge is 2.18. The van der Waals surface area contributed by atoms with Crippen LogP contribution in [-0.4, -0.2) is 27.3 Å². The molecule has 0 bridgehead atoms. The van der Waals surface area contributed by atoms with Gasteiger partial charge in [0.15, 0.2) is 5.82 Å². The molecule has 0 spiro atoms. The van der Waals surface area contributed by atoms with E-state index in [1.807, 2.05) is 61.5 Å². The van der Waals surface area contributed by atoms with Crippen molar-refractivity contribution in [3.8, 4) is 22.9 Å². The summed E-state index contributed by atoms with van der Waals surface area (Å²) in [5.74, 6) is 2.22. The van der Waals surface area contributed by atoms with E-state index in [2.05, 4.69) is 23.1 Å². The third-order valence-electron chi connectivity index (χ3n) is 5.62. The second-order valence-electron chi connectivity index (χ2n) is 8.07. The Morgan fingerprint density at radius 1 is 1.15 bits per heavy atom. The highest BCUT2D eigenvalue weighted by Crippen LogP contribution is 2.29. The molecule has 2 aromatic carbocycles. The molecule has 168 valence electrons. The van der Waals surface area contributed by atoms with E-state index in [1.54, 1.807) is 0 Å². The summed E-state index contributed by atoms with van der Waals surface area (Å²) >= 11 is 1.34. The topological polar surface area (TPSA) is 65.7 Å². The van der Waals surface area contributed by atoms with Crippen molar-refractivity contribution in [3.05, 3.63) is 74.6 Å². The molecule has 0 N–H and O–H groups in total. The van der Waals surface area contributed by atoms with Crippen molar-refractivity contribution in [1.29, 1.82) is 0 Å². The largest absolute Gasteiger partial charge is 0.494 e. The lowest BCUT2D eigenvalue weighted by Crippen LogP contribution is -2.26. The van der Waals surface area contributed by atoms with Gasteiger partial charge in [-0.05, 0) is 61.4 Å². The first-order valence-corrected chi connectivity index (χ1v) is 12.1. The molecule has 6 nitrogen and oxygen atoms in total. The minimum absolute atomic E-state index is 0.139. The van der Waals surface area contributed by atoms with E-state index < -0.39 is 0 Å². The maximum absolute atomic E-state index is 13.0. The van der Waals surface area contributed by atoms with Gasteiger partial charge in [-0.3, -0.25) is 4.79 Å². The first kappa shape index (κ1) is 21.4. The standard InChI is InChI=1S/C26H25N3O3S/c1-3-4-7-14-31-21-12-10-18(11-13-21)24-27-26-29(28-24)25(30)23(33-26)16-20-15-19-8-5-6-9-22(19)32-17(20)2/h5-6,8-13,15-17H,3-4,7,14H2,1-2H3. The lowest BCUT2D eigenvalue weighted by atomic mass is 10.0. The van der Waals surface area contributed by atoms with Crippen LogP contribution in [0.2, 0.25) is 0 Å². The quantitative estimate of drug-likeness (QED) is 0.373. The van der Waals surface area contributed by atoms with Gasteiger partial charge >= 0.3 is 0 Å². The Kier molecular flexibility index (Phi) is 5.96. The second kappa shape index (κ2) is 9.19. The number of ether oxygens (including phenoxy) is 2. The highest BCUT2D eigenvalue weighted by molar-refractivity contribution is 7.15. The van der Waals surface area contributed by atoms with E-state index in [0.29, 0.717) is 15.3 Å². The number of hydrogen-bond acceptors (Lipinski definition) is 6. The molecule has 0 saturated heterocycles. The average Bonchev–Trinajstić information content (AvgIpc) is 3.37. The van der Waals surface area contributed by atoms with E-state index in [4.69, 9.17) is 9.47 Å². The summed E-state index contributed by atoms with van der Waals surface area (Å²) in [5, 5.41) is 4.46. The zero-order valence-electron chi connectivity index (χ0n) is 18.7. The molecular formula is C26H25N3O3S. The summed E-state index contributed by atoms with van der Waals surface area (Å²) < 4.78 is 13.7. The third-order valence-corrected chi connectivity index (χ3v) is 6.58. The Hall–Kier alpha value is -3.45. The van der Waals surface area contributed by atoms with Gasteiger partial charge in [0.1, 0.15) is 17.6 Å².